The van der Waals surface area contributed by atoms with Crippen LogP contribution in [0.25, 0.3) is 0 Å². The van der Waals surface area contributed by atoms with E-state index in [9.17, 15) is 4.79 Å². The lowest BCUT2D eigenvalue weighted by molar-refractivity contribution is -0.128. The van der Waals surface area contributed by atoms with Crippen molar-refractivity contribution in [1.29, 1.82) is 0 Å². The van der Waals surface area contributed by atoms with E-state index in [-0.39, 0.29) is 5.41 Å². The summed E-state index contributed by atoms with van der Waals surface area (Å²) >= 11 is 0. The van der Waals surface area contributed by atoms with Gasteiger partial charge in [0.25, 0.3) is 0 Å². The Bertz CT molecular complexity index is 193. The second kappa shape index (κ2) is 2.80. The van der Waals surface area contributed by atoms with Gasteiger partial charge in [-0.05, 0) is 26.7 Å². The highest BCUT2D eigenvalue weighted by atomic mass is 16.1. The zero-order valence-corrected chi connectivity index (χ0v) is 7.44. The molecule has 1 rings (SSSR count). The van der Waals surface area contributed by atoms with Crippen LogP contribution in [0.4, 0.5) is 0 Å². The van der Waals surface area contributed by atoms with Crippen LogP contribution in [-0.2, 0) is 4.79 Å². The van der Waals surface area contributed by atoms with Crippen molar-refractivity contribution in [3.8, 4) is 0 Å². The van der Waals surface area contributed by atoms with Crippen LogP contribution < -0.4 is 0 Å². The largest absolute Gasteiger partial charge is 0.299 e. The summed E-state index contributed by atoms with van der Waals surface area (Å²) in [5.41, 5.74) is 0.834. The first-order valence-electron chi connectivity index (χ1n) is 4.26. The molecule has 0 heterocycles. The van der Waals surface area contributed by atoms with Crippen LogP contribution in [0.5, 0.6) is 0 Å². The Morgan fingerprint density at radius 3 is 2.55 bits per heavy atom. The Kier molecular flexibility index (Phi) is 2.17. The van der Waals surface area contributed by atoms with Gasteiger partial charge in [0.05, 0.1) is 0 Å². The summed E-state index contributed by atoms with van der Waals surface area (Å²) in [6, 6.07) is 0. The van der Waals surface area contributed by atoms with Crippen molar-refractivity contribution >= 4 is 5.78 Å². The standard InChI is InChI=1S/C10H16O/c1-8(2)10(3)7-5-4-6-9(10)11/h1,4-7H2,2-3H3. The lowest BCUT2D eigenvalue weighted by Crippen LogP contribution is -2.31. The van der Waals surface area contributed by atoms with E-state index in [0.717, 1.165) is 24.8 Å². The van der Waals surface area contributed by atoms with Crippen molar-refractivity contribution < 1.29 is 4.79 Å². The molecule has 0 spiro atoms. The summed E-state index contributed by atoms with van der Waals surface area (Å²) in [7, 11) is 0. The van der Waals surface area contributed by atoms with Crippen molar-refractivity contribution in [2.24, 2.45) is 5.41 Å². The first-order chi connectivity index (χ1) is 5.07. The molecule has 0 bridgehead atoms. The van der Waals surface area contributed by atoms with Crippen molar-refractivity contribution in [2.45, 2.75) is 39.5 Å². The maximum absolute atomic E-state index is 11.5. The van der Waals surface area contributed by atoms with Crippen molar-refractivity contribution in [2.75, 3.05) is 0 Å². The molecule has 0 N–H and O–H groups in total. The molecular formula is C10H16O. The smallest absolute Gasteiger partial charge is 0.142 e. The van der Waals surface area contributed by atoms with E-state index < -0.39 is 0 Å². The third-order valence-electron chi connectivity index (χ3n) is 2.89. The van der Waals surface area contributed by atoms with Gasteiger partial charge in [-0.25, -0.2) is 0 Å². The Morgan fingerprint density at radius 2 is 2.18 bits per heavy atom. The van der Waals surface area contributed by atoms with Gasteiger partial charge < -0.3 is 0 Å². The lowest BCUT2D eigenvalue weighted by Gasteiger charge is -2.32. The van der Waals surface area contributed by atoms with E-state index in [2.05, 4.69) is 6.58 Å². The molecule has 62 valence electrons. The fourth-order valence-electron chi connectivity index (χ4n) is 1.63. The molecule has 0 amide bonds. The number of carbonyl (C=O) groups is 1. The zero-order valence-electron chi connectivity index (χ0n) is 7.44. The number of allylic oxidation sites excluding steroid dienone is 1. The minimum atomic E-state index is -0.196. The summed E-state index contributed by atoms with van der Waals surface area (Å²) < 4.78 is 0. The molecule has 0 aliphatic heterocycles. The maximum Gasteiger partial charge on any atom is 0.142 e. The molecule has 1 nitrogen and oxygen atoms in total. The van der Waals surface area contributed by atoms with Crippen LogP contribution in [-0.4, -0.2) is 5.78 Å². The normalized spacial score (nSPS) is 32.0. The lowest BCUT2D eigenvalue weighted by atomic mass is 9.70. The van der Waals surface area contributed by atoms with E-state index in [1.165, 1.54) is 6.42 Å². The molecular weight excluding hydrogens is 136 g/mol. The number of hydrogen-bond acceptors (Lipinski definition) is 1. The van der Waals surface area contributed by atoms with Gasteiger partial charge >= 0.3 is 0 Å². The van der Waals surface area contributed by atoms with Gasteiger partial charge in [0.15, 0.2) is 0 Å². The maximum atomic E-state index is 11.5. The van der Waals surface area contributed by atoms with Crippen LogP contribution in [0.2, 0.25) is 0 Å². The fraction of sp³-hybridized carbons (Fsp3) is 0.700. The number of Topliss-reactive ketones (excluding diaryl/α,β-unsaturated/α-hetero) is 1. The van der Waals surface area contributed by atoms with E-state index >= 15 is 0 Å². The highest BCUT2D eigenvalue weighted by molar-refractivity contribution is 5.87. The minimum Gasteiger partial charge on any atom is -0.299 e. The average Bonchev–Trinajstić information content (AvgIpc) is 1.95. The second-order valence-corrected chi connectivity index (χ2v) is 3.74. The van der Waals surface area contributed by atoms with Crippen LogP contribution in [0, 0.1) is 5.41 Å². The molecule has 1 aliphatic carbocycles. The van der Waals surface area contributed by atoms with Gasteiger partial charge in [-0.15, -0.1) is 0 Å². The predicted octanol–water partition coefficient (Wildman–Crippen LogP) is 2.71. The van der Waals surface area contributed by atoms with E-state index in [0.29, 0.717) is 5.78 Å². The van der Waals surface area contributed by atoms with Crippen molar-refractivity contribution in [3.63, 3.8) is 0 Å². The first-order valence-corrected chi connectivity index (χ1v) is 4.26. The zero-order chi connectivity index (χ0) is 8.48. The number of hydrogen-bond donors (Lipinski definition) is 0. The second-order valence-electron chi connectivity index (χ2n) is 3.74. The van der Waals surface area contributed by atoms with Crippen LogP contribution in [0.3, 0.4) is 0 Å². The molecule has 0 radical (unpaired) electrons. The Morgan fingerprint density at radius 1 is 1.55 bits per heavy atom. The Balaban J connectivity index is 2.81. The van der Waals surface area contributed by atoms with Crippen molar-refractivity contribution in [3.05, 3.63) is 12.2 Å². The van der Waals surface area contributed by atoms with Crippen molar-refractivity contribution in [1.82, 2.24) is 0 Å². The monoisotopic (exact) mass is 152 g/mol. The molecule has 1 aliphatic rings. The van der Waals surface area contributed by atoms with Gasteiger partial charge in [-0.1, -0.05) is 18.6 Å². The molecule has 0 aromatic heterocycles. The predicted molar refractivity (Wildman–Crippen MR) is 46.4 cm³/mol. The number of ketones is 1. The molecule has 1 fully saturated rings. The van der Waals surface area contributed by atoms with E-state index in [1.54, 1.807) is 0 Å². The van der Waals surface area contributed by atoms with Gasteiger partial charge in [0.1, 0.15) is 5.78 Å². The summed E-state index contributed by atoms with van der Waals surface area (Å²) in [6.07, 6.45) is 4.00. The fourth-order valence-corrected chi connectivity index (χ4v) is 1.63. The molecule has 1 atom stereocenters. The third kappa shape index (κ3) is 1.37. The van der Waals surface area contributed by atoms with E-state index in [4.69, 9.17) is 0 Å². The molecule has 1 saturated carbocycles. The van der Waals surface area contributed by atoms with E-state index in [1.807, 2.05) is 13.8 Å². The van der Waals surface area contributed by atoms with Crippen LogP contribution in [0.15, 0.2) is 12.2 Å². The minimum absolute atomic E-state index is 0.196. The molecule has 1 heteroatoms. The van der Waals surface area contributed by atoms with Gasteiger partial charge in [0, 0.05) is 11.8 Å². The molecule has 11 heavy (non-hydrogen) atoms. The van der Waals surface area contributed by atoms with Gasteiger partial charge in [-0.2, -0.15) is 0 Å². The summed E-state index contributed by atoms with van der Waals surface area (Å²) in [5, 5.41) is 0. The molecule has 0 saturated heterocycles. The van der Waals surface area contributed by atoms with Gasteiger partial charge in [-0.3, -0.25) is 4.79 Å². The third-order valence-corrected chi connectivity index (χ3v) is 2.89. The Labute approximate surface area is 68.5 Å². The summed E-state index contributed by atoms with van der Waals surface area (Å²) in [6.45, 7) is 7.87. The first kappa shape index (κ1) is 8.51. The Hall–Kier alpha value is -0.590. The molecule has 1 unspecified atom stereocenters. The summed E-state index contributed by atoms with van der Waals surface area (Å²) in [5.74, 6) is 0.385. The number of carbonyl (C=O) groups excluding carboxylic acids is 1. The highest BCUT2D eigenvalue weighted by Gasteiger charge is 2.35. The molecule has 0 aromatic rings. The van der Waals surface area contributed by atoms with Gasteiger partial charge in [0.2, 0.25) is 0 Å². The topological polar surface area (TPSA) is 17.1 Å². The van der Waals surface area contributed by atoms with Crippen LogP contribution in [0.1, 0.15) is 39.5 Å². The summed E-state index contributed by atoms with van der Waals surface area (Å²) in [4.78, 5) is 11.5. The SMILES string of the molecule is C=C(C)C1(C)CCCCC1=O. The highest BCUT2D eigenvalue weighted by Crippen LogP contribution is 2.37. The number of rotatable bonds is 1. The molecule has 0 aromatic carbocycles. The average molecular weight is 152 g/mol. The van der Waals surface area contributed by atoms with Crippen LogP contribution >= 0.6 is 0 Å². The quantitative estimate of drug-likeness (QED) is 0.528.